The van der Waals surface area contributed by atoms with Gasteiger partial charge in [0.1, 0.15) is 5.78 Å². The van der Waals surface area contributed by atoms with Crippen LogP contribution >= 0.6 is 0 Å². The lowest BCUT2D eigenvalue weighted by Gasteiger charge is -2.17. The van der Waals surface area contributed by atoms with Crippen LogP contribution in [0.3, 0.4) is 0 Å². The van der Waals surface area contributed by atoms with Gasteiger partial charge in [0.25, 0.3) is 5.91 Å². The van der Waals surface area contributed by atoms with Gasteiger partial charge in [-0.2, -0.15) is 0 Å². The molecule has 0 bridgehead atoms. The van der Waals surface area contributed by atoms with Gasteiger partial charge >= 0.3 is 5.97 Å². The van der Waals surface area contributed by atoms with Gasteiger partial charge in [0, 0.05) is 28.9 Å². The van der Waals surface area contributed by atoms with Crippen LogP contribution in [0, 0.1) is 48.6 Å². The number of carbonyl (C=O) groups excluding carboxylic acids is 3. The van der Waals surface area contributed by atoms with E-state index < -0.39 is 35.2 Å². The number of rotatable bonds is 7. The Bertz CT molecular complexity index is 781. The lowest BCUT2D eigenvalue weighted by molar-refractivity contribution is -0.490. The van der Waals surface area contributed by atoms with Crippen molar-refractivity contribution in [2.75, 3.05) is 18.5 Å². The standard InChI is InChI=1S/C20H26N2O6/c1-11-5-13(3)20(14(4)6-11)21-18(24)10-28-19(25)8-15-16(9-22(26)27)12(2)7-17(15)23/h5-6,12,15-16H,7-10H2,1-4H3,(H,21,24)/t12-,15-,16+/m1/s1. The SMILES string of the molecule is Cc1cc(C)c(NC(=O)COC(=O)C[C@H]2C(=O)C[C@@H](C)[C@@H]2C[N+](=O)[O-])c(C)c1. The summed E-state index contributed by atoms with van der Waals surface area (Å²) >= 11 is 0. The minimum Gasteiger partial charge on any atom is -0.456 e. The fourth-order valence-electron chi connectivity index (χ4n) is 3.94. The molecular formula is C20H26N2O6. The van der Waals surface area contributed by atoms with Gasteiger partial charge in [-0.3, -0.25) is 24.5 Å². The normalized spacial score (nSPS) is 21.4. The molecule has 1 aliphatic carbocycles. The van der Waals surface area contributed by atoms with Crippen LogP contribution in [0.4, 0.5) is 5.69 Å². The van der Waals surface area contributed by atoms with Crippen LogP contribution in [0.15, 0.2) is 12.1 Å². The van der Waals surface area contributed by atoms with Crippen LogP contribution in [-0.4, -0.2) is 35.7 Å². The maximum atomic E-state index is 12.1. The molecule has 1 N–H and O–H groups in total. The Morgan fingerprint density at radius 2 is 1.86 bits per heavy atom. The average Bonchev–Trinajstić information content (AvgIpc) is 2.82. The van der Waals surface area contributed by atoms with Crippen molar-refractivity contribution in [3.8, 4) is 0 Å². The van der Waals surface area contributed by atoms with Gasteiger partial charge in [-0.25, -0.2) is 0 Å². The van der Waals surface area contributed by atoms with Crippen molar-refractivity contribution in [2.24, 2.45) is 17.8 Å². The van der Waals surface area contributed by atoms with Crippen molar-refractivity contribution in [3.05, 3.63) is 38.9 Å². The average molecular weight is 390 g/mol. The van der Waals surface area contributed by atoms with Crippen molar-refractivity contribution in [2.45, 2.75) is 40.5 Å². The first-order valence-corrected chi connectivity index (χ1v) is 9.26. The number of benzene rings is 1. The number of nitro groups is 1. The summed E-state index contributed by atoms with van der Waals surface area (Å²) in [6.45, 7) is 6.68. The van der Waals surface area contributed by atoms with Crippen molar-refractivity contribution in [3.63, 3.8) is 0 Å². The zero-order chi connectivity index (χ0) is 21.0. The molecule has 152 valence electrons. The summed E-state index contributed by atoms with van der Waals surface area (Å²) in [5.74, 6) is -2.69. The van der Waals surface area contributed by atoms with Crippen molar-refractivity contribution in [1.29, 1.82) is 0 Å². The summed E-state index contributed by atoms with van der Waals surface area (Å²) in [4.78, 5) is 46.7. The molecule has 0 radical (unpaired) electrons. The lowest BCUT2D eigenvalue weighted by Crippen LogP contribution is -2.28. The van der Waals surface area contributed by atoms with Crippen molar-refractivity contribution < 1.29 is 24.0 Å². The Morgan fingerprint density at radius 1 is 1.25 bits per heavy atom. The van der Waals surface area contributed by atoms with E-state index in [1.54, 1.807) is 6.92 Å². The molecule has 8 nitrogen and oxygen atoms in total. The number of Topliss-reactive ketones (excluding diaryl/α,β-unsaturated/α-hetero) is 1. The van der Waals surface area contributed by atoms with E-state index in [2.05, 4.69) is 5.32 Å². The minimum absolute atomic E-state index is 0.147. The highest BCUT2D eigenvalue weighted by Gasteiger charge is 2.44. The van der Waals surface area contributed by atoms with Gasteiger partial charge in [0.2, 0.25) is 6.54 Å². The third-order valence-corrected chi connectivity index (χ3v) is 5.24. The first-order valence-electron chi connectivity index (χ1n) is 9.26. The van der Waals surface area contributed by atoms with E-state index in [4.69, 9.17) is 4.74 Å². The predicted octanol–water partition coefficient (Wildman–Crippen LogP) is 2.60. The maximum Gasteiger partial charge on any atom is 0.307 e. The first kappa shape index (κ1) is 21.5. The van der Waals surface area contributed by atoms with Crippen LogP contribution in [0.25, 0.3) is 0 Å². The fraction of sp³-hybridized carbons (Fsp3) is 0.550. The van der Waals surface area contributed by atoms with E-state index in [-0.39, 0.29) is 31.1 Å². The molecule has 1 aromatic rings. The Balaban J connectivity index is 1.90. The molecule has 1 saturated carbocycles. The van der Waals surface area contributed by atoms with Crippen molar-refractivity contribution in [1.82, 2.24) is 0 Å². The molecule has 0 unspecified atom stereocenters. The molecule has 0 heterocycles. The molecule has 3 atom stereocenters. The maximum absolute atomic E-state index is 12.1. The third-order valence-electron chi connectivity index (χ3n) is 5.24. The van der Waals surface area contributed by atoms with E-state index >= 15 is 0 Å². The van der Waals surface area contributed by atoms with Gasteiger partial charge in [-0.1, -0.05) is 24.6 Å². The van der Waals surface area contributed by atoms with Crippen LogP contribution in [0.2, 0.25) is 0 Å². The zero-order valence-electron chi connectivity index (χ0n) is 16.6. The summed E-state index contributed by atoms with van der Waals surface area (Å²) in [5.41, 5.74) is 3.58. The van der Waals surface area contributed by atoms with Gasteiger partial charge in [-0.15, -0.1) is 0 Å². The highest BCUT2D eigenvalue weighted by Crippen LogP contribution is 2.36. The number of carbonyl (C=O) groups is 3. The fourth-order valence-corrected chi connectivity index (χ4v) is 3.94. The van der Waals surface area contributed by atoms with Gasteiger partial charge in [-0.05, 0) is 37.8 Å². The summed E-state index contributed by atoms with van der Waals surface area (Å²) in [5, 5.41) is 13.6. The molecule has 0 spiro atoms. The Labute approximate surface area is 163 Å². The van der Waals surface area contributed by atoms with E-state index in [0.717, 1.165) is 16.7 Å². The Morgan fingerprint density at radius 3 is 2.43 bits per heavy atom. The second-order valence-corrected chi connectivity index (χ2v) is 7.62. The molecule has 0 aromatic heterocycles. The molecule has 0 saturated heterocycles. The highest BCUT2D eigenvalue weighted by atomic mass is 16.6. The Kier molecular flexibility index (Phi) is 6.88. The third kappa shape index (κ3) is 5.37. The quantitative estimate of drug-likeness (QED) is 0.435. The van der Waals surface area contributed by atoms with E-state index in [9.17, 15) is 24.5 Å². The molecule has 0 aliphatic heterocycles. The van der Waals surface area contributed by atoms with Gasteiger partial charge in [0.05, 0.1) is 6.42 Å². The lowest BCUT2D eigenvalue weighted by atomic mass is 9.88. The second-order valence-electron chi connectivity index (χ2n) is 7.62. The summed E-state index contributed by atoms with van der Waals surface area (Å²) < 4.78 is 5.01. The molecule has 2 rings (SSSR count). The number of aryl methyl sites for hydroxylation is 3. The molecule has 8 heteroatoms. The number of ketones is 1. The molecule has 1 fully saturated rings. The number of nitrogens with one attached hydrogen (secondary N) is 1. The second kappa shape index (κ2) is 8.95. The van der Waals surface area contributed by atoms with E-state index in [0.29, 0.717) is 5.69 Å². The summed E-state index contributed by atoms with van der Waals surface area (Å²) in [6.07, 6.45) is -0.0134. The molecule has 1 aromatic carbocycles. The molecule has 28 heavy (non-hydrogen) atoms. The zero-order valence-corrected chi connectivity index (χ0v) is 16.6. The number of nitrogens with zero attached hydrogens (tertiary/aromatic N) is 1. The monoisotopic (exact) mass is 390 g/mol. The van der Waals surface area contributed by atoms with Crippen LogP contribution in [0.5, 0.6) is 0 Å². The van der Waals surface area contributed by atoms with Gasteiger partial charge < -0.3 is 10.1 Å². The van der Waals surface area contributed by atoms with E-state index in [1.165, 1.54) is 0 Å². The summed E-state index contributed by atoms with van der Waals surface area (Å²) in [6, 6.07) is 3.88. The number of anilines is 1. The number of ether oxygens (including phenoxy) is 1. The predicted molar refractivity (Wildman–Crippen MR) is 102 cm³/mol. The number of amides is 1. The Hall–Kier alpha value is -2.77. The molecular weight excluding hydrogens is 364 g/mol. The van der Waals surface area contributed by atoms with Crippen LogP contribution in [-0.2, 0) is 19.1 Å². The van der Waals surface area contributed by atoms with Crippen molar-refractivity contribution >= 4 is 23.3 Å². The minimum atomic E-state index is -0.724. The molecule has 1 aliphatic rings. The largest absolute Gasteiger partial charge is 0.456 e. The van der Waals surface area contributed by atoms with Crippen LogP contribution < -0.4 is 5.32 Å². The number of hydrogen-bond acceptors (Lipinski definition) is 6. The van der Waals surface area contributed by atoms with Gasteiger partial charge in [0.15, 0.2) is 6.61 Å². The van der Waals surface area contributed by atoms with E-state index in [1.807, 2.05) is 32.9 Å². The topological polar surface area (TPSA) is 116 Å². The first-order chi connectivity index (χ1) is 13.1. The number of hydrogen-bond donors (Lipinski definition) is 1. The van der Waals surface area contributed by atoms with Crippen LogP contribution in [0.1, 0.15) is 36.5 Å². The highest BCUT2D eigenvalue weighted by molar-refractivity contribution is 5.94. The number of esters is 1. The molecule has 1 amide bonds. The smallest absolute Gasteiger partial charge is 0.307 e. The summed E-state index contributed by atoms with van der Waals surface area (Å²) in [7, 11) is 0.